The topological polar surface area (TPSA) is 38.7 Å². The predicted octanol–water partition coefficient (Wildman–Crippen LogP) is 12.4. The second-order valence-electron chi connectivity index (χ2n) is 13.7. The first-order valence-electron chi connectivity index (χ1n) is 17.0. The van der Waals surface area contributed by atoms with Crippen molar-refractivity contribution in [1.82, 2.24) is 15.0 Å². The number of hydrogen-bond acceptors (Lipinski definition) is 4. The van der Waals surface area contributed by atoms with Crippen LogP contribution in [0.5, 0.6) is 0 Å². The molecule has 10 rings (SSSR count). The molecule has 2 heterocycles. The summed E-state index contributed by atoms with van der Waals surface area (Å²) in [6, 6.07) is 54.2. The standard InChI is InChI=1S/C46H31N3S/c1-46(2)39-16-10-9-15-35(39)36-22-20-33(26-40(36)46)45-48-43(29-13-7-4-8-14-29)47-44(49-45)32-19-21-34-31(25-32)18-24-38-37-23-17-30(27-41(37)50-42(34)38)28-11-5-3-6-12-28/h3-27H,1-2H3. The van der Waals surface area contributed by atoms with Gasteiger partial charge in [-0.1, -0.05) is 147 Å². The molecular weight excluding hydrogens is 627 g/mol. The summed E-state index contributed by atoms with van der Waals surface area (Å²) >= 11 is 1.86. The highest BCUT2D eigenvalue weighted by Gasteiger charge is 2.35. The van der Waals surface area contributed by atoms with Gasteiger partial charge in [-0.3, -0.25) is 0 Å². The molecule has 50 heavy (non-hydrogen) atoms. The summed E-state index contributed by atoms with van der Waals surface area (Å²) < 4.78 is 2.60. The summed E-state index contributed by atoms with van der Waals surface area (Å²) in [7, 11) is 0. The zero-order valence-electron chi connectivity index (χ0n) is 27.7. The molecule has 0 spiro atoms. The van der Waals surface area contributed by atoms with Crippen molar-refractivity contribution in [3.63, 3.8) is 0 Å². The molecule has 0 saturated heterocycles. The van der Waals surface area contributed by atoms with Crippen LogP contribution >= 0.6 is 11.3 Å². The van der Waals surface area contributed by atoms with Crippen LogP contribution in [0.1, 0.15) is 25.0 Å². The third kappa shape index (κ3) is 4.53. The lowest BCUT2D eigenvalue weighted by Crippen LogP contribution is -2.15. The Labute approximate surface area is 294 Å². The van der Waals surface area contributed by atoms with Crippen molar-refractivity contribution in [1.29, 1.82) is 0 Å². The van der Waals surface area contributed by atoms with Crippen LogP contribution in [0.2, 0.25) is 0 Å². The average Bonchev–Trinajstić information content (AvgIpc) is 3.66. The van der Waals surface area contributed by atoms with E-state index in [0.717, 1.165) is 16.7 Å². The number of nitrogens with zero attached hydrogens (tertiary/aromatic N) is 3. The number of rotatable bonds is 4. The van der Waals surface area contributed by atoms with Gasteiger partial charge in [-0.15, -0.1) is 11.3 Å². The van der Waals surface area contributed by atoms with E-state index in [2.05, 4.69) is 147 Å². The van der Waals surface area contributed by atoms with Crippen molar-refractivity contribution in [3.8, 4) is 56.4 Å². The van der Waals surface area contributed by atoms with Gasteiger partial charge in [0.2, 0.25) is 0 Å². The quantitative estimate of drug-likeness (QED) is 0.189. The zero-order valence-corrected chi connectivity index (χ0v) is 28.5. The number of benzene rings is 7. The predicted molar refractivity (Wildman–Crippen MR) is 210 cm³/mol. The molecule has 0 N–H and O–H groups in total. The van der Waals surface area contributed by atoms with Crippen LogP contribution in [-0.4, -0.2) is 15.0 Å². The summed E-state index contributed by atoms with van der Waals surface area (Å²) in [6.07, 6.45) is 0. The van der Waals surface area contributed by atoms with Crippen LogP contribution in [0.15, 0.2) is 152 Å². The van der Waals surface area contributed by atoms with Crippen LogP contribution in [0.4, 0.5) is 0 Å². The Morgan fingerprint density at radius 1 is 0.420 bits per heavy atom. The molecule has 3 nitrogen and oxygen atoms in total. The van der Waals surface area contributed by atoms with Crippen molar-refractivity contribution in [2.45, 2.75) is 19.3 Å². The molecule has 1 aliphatic carbocycles. The van der Waals surface area contributed by atoms with Gasteiger partial charge >= 0.3 is 0 Å². The largest absolute Gasteiger partial charge is 0.208 e. The Hall–Kier alpha value is -5.97. The van der Waals surface area contributed by atoms with Crippen molar-refractivity contribution in [2.24, 2.45) is 0 Å². The minimum Gasteiger partial charge on any atom is -0.208 e. The number of hydrogen-bond donors (Lipinski definition) is 0. The lowest BCUT2D eigenvalue weighted by atomic mass is 9.82. The first-order valence-corrected chi connectivity index (χ1v) is 17.8. The summed E-state index contributed by atoms with van der Waals surface area (Å²) in [6.45, 7) is 4.61. The third-order valence-electron chi connectivity index (χ3n) is 10.3. The van der Waals surface area contributed by atoms with Gasteiger partial charge in [0.05, 0.1) is 0 Å². The van der Waals surface area contributed by atoms with Crippen LogP contribution in [-0.2, 0) is 5.41 Å². The average molecular weight is 658 g/mol. The molecule has 1 aliphatic rings. The van der Waals surface area contributed by atoms with Gasteiger partial charge in [0.25, 0.3) is 0 Å². The second kappa shape index (κ2) is 11.0. The third-order valence-corrected chi connectivity index (χ3v) is 11.5. The molecule has 0 radical (unpaired) electrons. The van der Waals surface area contributed by atoms with Crippen LogP contribution in [0, 0.1) is 0 Å². The van der Waals surface area contributed by atoms with Crippen LogP contribution in [0.3, 0.4) is 0 Å². The first-order chi connectivity index (χ1) is 24.5. The SMILES string of the molecule is CC1(C)c2ccccc2-c2ccc(-c3nc(-c4ccccc4)nc(-c4ccc5c(ccc6c7ccc(-c8ccccc8)cc7sc56)c4)n3)cc21. The Bertz CT molecular complexity index is 2780. The highest BCUT2D eigenvalue weighted by Crippen LogP contribution is 2.49. The molecule has 0 saturated carbocycles. The monoisotopic (exact) mass is 657 g/mol. The Morgan fingerprint density at radius 2 is 1.00 bits per heavy atom. The zero-order chi connectivity index (χ0) is 33.4. The van der Waals surface area contributed by atoms with E-state index in [1.165, 1.54) is 64.3 Å². The molecule has 7 aromatic carbocycles. The minimum absolute atomic E-state index is 0.112. The molecular formula is C46H31N3S. The van der Waals surface area contributed by atoms with Crippen molar-refractivity contribution in [2.75, 3.05) is 0 Å². The van der Waals surface area contributed by atoms with E-state index in [0.29, 0.717) is 17.5 Å². The van der Waals surface area contributed by atoms with Crippen molar-refractivity contribution >= 4 is 42.3 Å². The van der Waals surface area contributed by atoms with Gasteiger partial charge in [0.15, 0.2) is 17.5 Å². The molecule has 4 heteroatoms. The van der Waals surface area contributed by atoms with E-state index < -0.39 is 0 Å². The van der Waals surface area contributed by atoms with E-state index in [4.69, 9.17) is 15.0 Å². The summed E-state index contributed by atoms with van der Waals surface area (Å²) in [5, 5.41) is 5.00. The number of aromatic nitrogens is 3. The summed E-state index contributed by atoms with van der Waals surface area (Å²) in [5.41, 5.74) is 10.5. The lowest BCUT2D eigenvalue weighted by molar-refractivity contribution is 0.660. The van der Waals surface area contributed by atoms with E-state index in [9.17, 15) is 0 Å². The smallest absolute Gasteiger partial charge is 0.164 e. The fourth-order valence-corrected chi connectivity index (χ4v) is 8.98. The molecule has 0 unspecified atom stereocenters. The van der Waals surface area contributed by atoms with E-state index in [1.54, 1.807) is 0 Å². The van der Waals surface area contributed by atoms with Crippen LogP contribution < -0.4 is 0 Å². The maximum absolute atomic E-state index is 5.14. The van der Waals surface area contributed by atoms with Crippen molar-refractivity contribution < 1.29 is 0 Å². The molecule has 2 aromatic heterocycles. The Morgan fingerprint density at radius 3 is 1.78 bits per heavy atom. The van der Waals surface area contributed by atoms with Crippen LogP contribution in [0.25, 0.3) is 87.4 Å². The van der Waals surface area contributed by atoms with E-state index in [-0.39, 0.29) is 5.41 Å². The molecule has 9 aromatic rings. The van der Waals surface area contributed by atoms with Gasteiger partial charge in [0.1, 0.15) is 0 Å². The van der Waals surface area contributed by atoms with Gasteiger partial charge in [-0.25, -0.2) is 15.0 Å². The summed E-state index contributed by atoms with van der Waals surface area (Å²) in [5.74, 6) is 2.02. The highest BCUT2D eigenvalue weighted by atomic mass is 32.1. The fraction of sp³-hybridized carbons (Fsp3) is 0.0652. The normalized spacial score (nSPS) is 13.2. The molecule has 0 atom stereocenters. The maximum Gasteiger partial charge on any atom is 0.164 e. The lowest BCUT2D eigenvalue weighted by Gasteiger charge is -2.21. The highest BCUT2D eigenvalue weighted by molar-refractivity contribution is 7.26. The Kier molecular flexibility index (Phi) is 6.39. The van der Waals surface area contributed by atoms with Gasteiger partial charge in [-0.05, 0) is 62.4 Å². The van der Waals surface area contributed by atoms with Gasteiger partial charge in [-0.2, -0.15) is 0 Å². The number of fused-ring (bicyclic) bond motifs is 8. The maximum atomic E-state index is 5.14. The first kappa shape index (κ1) is 29.0. The second-order valence-corrected chi connectivity index (χ2v) is 14.7. The molecule has 236 valence electrons. The molecule has 0 amide bonds. The minimum atomic E-state index is -0.112. The fourth-order valence-electron chi connectivity index (χ4n) is 7.71. The number of thiophene rings is 1. The summed E-state index contributed by atoms with van der Waals surface area (Å²) in [4.78, 5) is 15.3. The Balaban J connectivity index is 1.10. The van der Waals surface area contributed by atoms with Gasteiger partial charge < -0.3 is 0 Å². The van der Waals surface area contributed by atoms with Crippen molar-refractivity contribution in [3.05, 3.63) is 163 Å². The van der Waals surface area contributed by atoms with E-state index in [1.807, 2.05) is 29.5 Å². The molecule has 0 aliphatic heterocycles. The molecule has 0 fully saturated rings. The van der Waals surface area contributed by atoms with Gasteiger partial charge in [0, 0.05) is 42.3 Å². The molecule has 0 bridgehead atoms. The van der Waals surface area contributed by atoms with E-state index >= 15 is 0 Å².